The Labute approximate surface area is 170 Å². The standard InChI is InChI=1S/C20H28N2O7/c1-4-14(2)21-18(23)12-29-20(25)15-5-6-16(17(11-15)26-3)28-13-19(24)22-7-9-27-10-8-22/h5-6,11,14H,4,7-10,12-13H2,1-3H3,(H,21,23)/t14-/m1/s1. The van der Waals surface area contributed by atoms with Crippen molar-refractivity contribution in [3.63, 3.8) is 0 Å². The minimum atomic E-state index is -0.654. The second-order valence-electron chi connectivity index (χ2n) is 6.60. The van der Waals surface area contributed by atoms with Gasteiger partial charge in [-0.25, -0.2) is 4.79 Å². The molecule has 0 spiro atoms. The van der Waals surface area contributed by atoms with Crippen molar-refractivity contribution in [2.45, 2.75) is 26.3 Å². The third-order valence-corrected chi connectivity index (χ3v) is 4.47. The van der Waals surface area contributed by atoms with E-state index in [4.69, 9.17) is 18.9 Å². The molecule has 2 rings (SSSR count). The van der Waals surface area contributed by atoms with Gasteiger partial charge in [0.25, 0.3) is 11.8 Å². The summed E-state index contributed by atoms with van der Waals surface area (Å²) in [5, 5.41) is 2.72. The third-order valence-electron chi connectivity index (χ3n) is 4.47. The lowest BCUT2D eigenvalue weighted by molar-refractivity contribution is -0.137. The summed E-state index contributed by atoms with van der Waals surface area (Å²) < 4.78 is 21.1. The van der Waals surface area contributed by atoms with E-state index in [1.807, 2.05) is 13.8 Å². The van der Waals surface area contributed by atoms with Gasteiger partial charge in [-0.15, -0.1) is 0 Å². The van der Waals surface area contributed by atoms with E-state index in [0.717, 1.165) is 6.42 Å². The van der Waals surface area contributed by atoms with Crippen molar-refractivity contribution in [2.75, 3.05) is 46.6 Å². The highest BCUT2D eigenvalue weighted by molar-refractivity contribution is 5.92. The van der Waals surface area contributed by atoms with E-state index in [1.54, 1.807) is 4.90 Å². The van der Waals surface area contributed by atoms with E-state index < -0.39 is 5.97 Å². The SMILES string of the molecule is CC[C@@H](C)NC(=O)COC(=O)c1ccc(OCC(=O)N2CCOCC2)c(OC)c1. The summed E-state index contributed by atoms with van der Waals surface area (Å²) in [6.45, 7) is 5.41. The van der Waals surface area contributed by atoms with Crippen molar-refractivity contribution in [3.05, 3.63) is 23.8 Å². The molecule has 0 aliphatic carbocycles. The normalized spacial score (nSPS) is 14.7. The van der Waals surface area contributed by atoms with Crippen molar-refractivity contribution in [1.29, 1.82) is 0 Å². The summed E-state index contributed by atoms with van der Waals surface area (Å²) in [4.78, 5) is 37.8. The third kappa shape index (κ3) is 6.94. The molecule has 1 saturated heterocycles. The Morgan fingerprint density at radius 1 is 1.17 bits per heavy atom. The highest BCUT2D eigenvalue weighted by Crippen LogP contribution is 2.28. The molecular formula is C20H28N2O7. The molecule has 9 heteroatoms. The van der Waals surface area contributed by atoms with Crippen LogP contribution in [0.25, 0.3) is 0 Å². The molecule has 160 valence electrons. The number of esters is 1. The number of rotatable bonds is 9. The fraction of sp³-hybridized carbons (Fsp3) is 0.550. The van der Waals surface area contributed by atoms with Gasteiger partial charge in [-0.05, 0) is 31.5 Å². The smallest absolute Gasteiger partial charge is 0.338 e. The molecule has 1 aliphatic rings. The Morgan fingerprint density at radius 3 is 2.55 bits per heavy atom. The van der Waals surface area contributed by atoms with E-state index >= 15 is 0 Å². The van der Waals surface area contributed by atoms with Crippen LogP contribution < -0.4 is 14.8 Å². The highest BCUT2D eigenvalue weighted by Gasteiger charge is 2.19. The van der Waals surface area contributed by atoms with Crippen molar-refractivity contribution in [2.24, 2.45) is 0 Å². The Hall–Kier alpha value is -2.81. The van der Waals surface area contributed by atoms with E-state index in [9.17, 15) is 14.4 Å². The van der Waals surface area contributed by atoms with Crippen LogP contribution >= 0.6 is 0 Å². The number of morpholine rings is 1. The number of hydrogen-bond donors (Lipinski definition) is 1. The molecule has 0 unspecified atom stereocenters. The summed E-state index contributed by atoms with van der Waals surface area (Å²) in [6, 6.07) is 4.48. The molecule has 1 aromatic carbocycles. The molecule has 1 fully saturated rings. The van der Waals surface area contributed by atoms with Crippen LogP contribution in [0.15, 0.2) is 18.2 Å². The lowest BCUT2D eigenvalue weighted by Crippen LogP contribution is -2.43. The molecule has 0 saturated carbocycles. The topological polar surface area (TPSA) is 103 Å². The van der Waals surface area contributed by atoms with Crippen LogP contribution in [-0.4, -0.2) is 75.4 Å². The average molecular weight is 408 g/mol. The van der Waals surface area contributed by atoms with Gasteiger partial charge in [-0.3, -0.25) is 9.59 Å². The fourth-order valence-electron chi connectivity index (χ4n) is 2.59. The van der Waals surface area contributed by atoms with Gasteiger partial charge < -0.3 is 29.2 Å². The van der Waals surface area contributed by atoms with Gasteiger partial charge in [-0.2, -0.15) is 0 Å². The number of carbonyl (C=O) groups excluding carboxylic acids is 3. The predicted octanol–water partition coefficient (Wildman–Crippen LogP) is 1.00. The average Bonchev–Trinajstić information content (AvgIpc) is 2.76. The molecule has 29 heavy (non-hydrogen) atoms. The van der Waals surface area contributed by atoms with Crippen LogP contribution in [0.3, 0.4) is 0 Å². The molecule has 1 N–H and O–H groups in total. The Morgan fingerprint density at radius 2 is 1.90 bits per heavy atom. The molecule has 1 atom stereocenters. The number of ether oxygens (including phenoxy) is 4. The lowest BCUT2D eigenvalue weighted by atomic mass is 10.2. The van der Waals surface area contributed by atoms with Crippen LogP contribution in [-0.2, 0) is 19.1 Å². The van der Waals surface area contributed by atoms with E-state index in [-0.39, 0.29) is 36.6 Å². The Kier molecular flexibility index (Phi) is 8.72. The number of methoxy groups -OCH3 is 1. The van der Waals surface area contributed by atoms with E-state index in [0.29, 0.717) is 37.8 Å². The minimum absolute atomic E-state index is 0.0119. The van der Waals surface area contributed by atoms with Crippen molar-refractivity contribution in [3.8, 4) is 11.5 Å². The summed E-state index contributed by atoms with van der Waals surface area (Å²) in [5.41, 5.74) is 0.213. The van der Waals surface area contributed by atoms with E-state index in [2.05, 4.69) is 5.32 Å². The number of benzene rings is 1. The molecule has 0 bridgehead atoms. The quantitative estimate of drug-likeness (QED) is 0.608. The van der Waals surface area contributed by atoms with Crippen LogP contribution in [0, 0.1) is 0 Å². The molecule has 9 nitrogen and oxygen atoms in total. The van der Waals surface area contributed by atoms with Gasteiger partial charge in [0.1, 0.15) is 0 Å². The Bertz CT molecular complexity index is 717. The zero-order valence-electron chi connectivity index (χ0n) is 17.1. The maximum atomic E-state index is 12.2. The molecule has 2 amide bonds. The van der Waals surface area contributed by atoms with Crippen LogP contribution in [0.4, 0.5) is 0 Å². The van der Waals surface area contributed by atoms with Crippen molar-refractivity contribution < 1.29 is 33.3 Å². The predicted molar refractivity (Wildman–Crippen MR) is 104 cm³/mol. The number of carbonyl (C=O) groups is 3. The first-order valence-corrected chi connectivity index (χ1v) is 9.57. The minimum Gasteiger partial charge on any atom is -0.493 e. The van der Waals surface area contributed by atoms with Gasteiger partial charge >= 0.3 is 5.97 Å². The zero-order chi connectivity index (χ0) is 21.2. The molecular weight excluding hydrogens is 380 g/mol. The molecule has 0 radical (unpaired) electrons. The fourth-order valence-corrected chi connectivity index (χ4v) is 2.59. The summed E-state index contributed by atoms with van der Waals surface area (Å²) in [6.07, 6.45) is 0.784. The Balaban J connectivity index is 1.90. The molecule has 1 heterocycles. The number of hydrogen-bond acceptors (Lipinski definition) is 7. The molecule has 1 aromatic rings. The number of nitrogens with one attached hydrogen (secondary N) is 1. The van der Waals surface area contributed by atoms with Gasteiger partial charge in [0.2, 0.25) is 0 Å². The maximum absolute atomic E-state index is 12.2. The monoisotopic (exact) mass is 408 g/mol. The highest BCUT2D eigenvalue weighted by atomic mass is 16.5. The number of nitrogens with zero attached hydrogens (tertiary/aromatic N) is 1. The lowest BCUT2D eigenvalue weighted by Gasteiger charge is -2.26. The van der Waals surface area contributed by atoms with Crippen molar-refractivity contribution in [1.82, 2.24) is 10.2 Å². The largest absolute Gasteiger partial charge is 0.493 e. The second-order valence-corrected chi connectivity index (χ2v) is 6.60. The van der Waals surface area contributed by atoms with Crippen molar-refractivity contribution >= 4 is 17.8 Å². The van der Waals surface area contributed by atoms with Gasteiger partial charge in [0, 0.05) is 19.1 Å². The summed E-state index contributed by atoms with van der Waals surface area (Å²) >= 11 is 0. The van der Waals surface area contributed by atoms with Gasteiger partial charge in [-0.1, -0.05) is 6.92 Å². The zero-order valence-corrected chi connectivity index (χ0v) is 17.1. The molecule has 0 aromatic heterocycles. The molecule has 1 aliphatic heterocycles. The second kappa shape index (κ2) is 11.3. The first-order chi connectivity index (χ1) is 13.9. The van der Waals surface area contributed by atoms with Crippen LogP contribution in [0.1, 0.15) is 30.6 Å². The summed E-state index contributed by atoms with van der Waals surface area (Å²) in [5.74, 6) is -0.538. The number of amides is 2. The first kappa shape index (κ1) is 22.5. The van der Waals surface area contributed by atoms with Crippen LogP contribution in [0.2, 0.25) is 0 Å². The van der Waals surface area contributed by atoms with Gasteiger partial charge in [0.05, 0.1) is 25.9 Å². The van der Waals surface area contributed by atoms with E-state index in [1.165, 1.54) is 25.3 Å². The van der Waals surface area contributed by atoms with Crippen LogP contribution in [0.5, 0.6) is 11.5 Å². The maximum Gasteiger partial charge on any atom is 0.338 e. The first-order valence-electron chi connectivity index (χ1n) is 9.57. The van der Waals surface area contributed by atoms with Gasteiger partial charge in [0.15, 0.2) is 24.7 Å². The summed E-state index contributed by atoms with van der Waals surface area (Å²) in [7, 11) is 1.43.